The topological polar surface area (TPSA) is 58.2 Å². The van der Waals surface area contributed by atoms with Gasteiger partial charge in [-0.2, -0.15) is 0 Å². The fraction of sp³-hybridized carbons (Fsp3) is 0.222. The number of amides is 2. The van der Waals surface area contributed by atoms with Crippen molar-refractivity contribution >= 4 is 40.7 Å². The van der Waals surface area contributed by atoms with Crippen LogP contribution in [0.25, 0.3) is 0 Å². The second kappa shape index (κ2) is 8.71. The summed E-state index contributed by atoms with van der Waals surface area (Å²) in [5, 5.41) is 6.28. The van der Waals surface area contributed by atoms with E-state index in [9.17, 15) is 9.59 Å². The van der Waals surface area contributed by atoms with Crippen LogP contribution in [0.1, 0.15) is 40.5 Å². The second-order valence-electron chi connectivity index (χ2n) is 5.23. The first-order chi connectivity index (χ1) is 11.5. The Hall–Kier alpha value is -2.04. The molecule has 2 aromatic rings. The number of carbonyl (C=O) groups is 2. The molecule has 0 atom stereocenters. The quantitative estimate of drug-likeness (QED) is 0.724. The predicted octanol–water partition coefficient (Wildman–Crippen LogP) is 4.78. The molecular weight excluding hydrogens is 347 g/mol. The molecule has 0 radical (unpaired) electrons. The van der Waals surface area contributed by atoms with Gasteiger partial charge < -0.3 is 10.6 Å². The molecular formula is C18H18Cl2N2O2. The van der Waals surface area contributed by atoms with Crippen LogP contribution in [0.2, 0.25) is 10.0 Å². The summed E-state index contributed by atoms with van der Waals surface area (Å²) >= 11 is 11.9. The van der Waals surface area contributed by atoms with E-state index in [-0.39, 0.29) is 10.9 Å². The smallest absolute Gasteiger partial charge is 0.257 e. The van der Waals surface area contributed by atoms with Crippen molar-refractivity contribution in [3.05, 3.63) is 63.6 Å². The molecule has 0 saturated heterocycles. The Bertz CT molecular complexity index is 748. The lowest BCUT2D eigenvalue weighted by Gasteiger charge is -2.12. The molecule has 2 aromatic carbocycles. The largest absolute Gasteiger partial charge is 0.352 e. The summed E-state index contributed by atoms with van der Waals surface area (Å²) in [6, 6.07) is 11.5. The summed E-state index contributed by atoms with van der Waals surface area (Å²) in [4.78, 5) is 24.7. The Balaban J connectivity index is 2.17. The monoisotopic (exact) mass is 364 g/mol. The Morgan fingerprint density at radius 3 is 2.46 bits per heavy atom. The zero-order valence-corrected chi connectivity index (χ0v) is 14.7. The highest BCUT2D eigenvalue weighted by Gasteiger charge is 2.15. The molecule has 2 N–H and O–H groups in total. The molecule has 2 rings (SSSR count). The van der Waals surface area contributed by atoms with Crippen LogP contribution in [0, 0.1) is 0 Å². The molecule has 6 heteroatoms. The highest BCUT2D eigenvalue weighted by molar-refractivity contribution is 6.37. The van der Waals surface area contributed by atoms with Gasteiger partial charge in [-0.15, -0.1) is 0 Å². The molecule has 0 aliphatic carbocycles. The van der Waals surface area contributed by atoms with Crippen molar-refractivity contribution < 1.29 is 9.59 Å². The summed E-state index contributed by atoms with van der Waals surface area (Å²) in [7, 11) is 0. The molecule has 0 saturated carbocycles. The highest BCUT2D eigenvalue weighted by Crippen LogP contribution is 2.23. The van der Waals surface area contributed by atoms with E-state index in [4.69, 9.17) is 23.2 Å². The number of para-hydroxylation sites is 1. The number of carbonyl (C=O) groups excluding carboxylic acids is 2. The molecule has 126 valence electrons. The maximum Gasteiger partial charge on any atom is 0.257 e. The van der Waals surface area contributed by atoms with Crippen LogP contribution in [0.3, 0.4) is 0 Å². The maximum absolute atomic E-state index is 12.4. The van der Waals surface area contributed by atoms with Crippen molar-refractivity contribution in [3.8, 4) is 0 Å². The molecule has 2 amide bonds. The second-order valence-corrected chi connectivity index (χ2v) is 6.08. The fourth-order valence-corrected chi connectivity index (χ4v) is 2.62. The zero-order chi connectivity index (χ0) is 17.5. The minimum Gasteiger partial charge on any atom is -0.352 e. The van der Waals surface area contributed by atoms with Gasteiger partial charge in [0.15, 0.2) is 0 Å². The van der Waals surface area contributed by atoms with E-state index in [1.165, 1.54) is 6.07 Å². The molecule has 0 aromatic heterocycles. The number of hydrogen-bond donors (Lipinski definition) is 2. The van der Waals surface area contributed by atoms with Crippen molar-refractivity contribution in [1.82, 2.24) is 5.32 Å². The van der Waals surface area contributed by atoms with Crippen LogP contribution in [0.15, 0.2) is 42.5 Å². The summed E-state index contributed by atoms with van der Waals surface area (Å²) in [6.45, 7) is 2.65. The molecule has 0 bridgehead atoms. The van der Waals surface area contributed by atoms with E-state index in [2.05, 4.69) is 17.6 Å². The van der Waals surface area contributed by atoms with Gasteiger partial charge in [-0.25, -0.2) is 0 Å². The standard InChI is InChI=1S/C18H18Cl2N2O2/c1-2-3-10-21-17(23)14-6-4-5-7-16(14)22-18(24)13-9-8-12(19)11-15(13)20/h4-9,11H,2-3,10H2,1H3,(H,21,23)(H,22,24). The Kier molecular flexibility index (Phi) is 6.64. The van der Waals surface area contributed by atoms with E-state index in [1.54, 1.807) is 36.4 Å². The number of rotatable bonds is 6. The summed E-state index contributed by atoms with van der Waals surface area (Å²) in [5.74, 6) is -0.618. The number of anilines is 1. The van der Waals surface area contributed by atoms with Crippen molar-refractivity contribution in [2.45, 2.75) is 19.8 Å². The van der Waals surface area contributed by atoms with Gasteiger partial charge >= 0.3 is 0 Å². The van der Waals surface area contributed by atoms with Crippen molar-refractivity contribution in [2.75, 3.05) is 11.9 Å². The third-order valence-corrected chi connectivity index (χ3v) is 3.96. The summed E-state index contributed by atoms with van der Waals surface area (Å²) in [6.07, 6.45) is 1.90. The summed E-state index contributed by atoms with van der Waals surface area (Å²) < 4.78 is 0. The highest BCUT2D eigenvalue weighted by atomic mass is 35.5. The Labute approximate surface area is 151 Å². The molecule has 24 heavy (non-hydrogen) atoms. The van der Waals surface area contributed by atoms with Gasteiger partial charge in [0.25, 0.3) is 11.8 Å². The zero-order valence-electron chi connectivity index (χ0n) is 13.2. The number of halogens is 2. The molecule has 0 aliphatic rings. The van der Waals surface area contributed by atoms with E-state index in [1.807, 2.05) is 0 Å². The van der Waals surface area contributed by atoms with E-state index in [0.717, 1.165) is 12.8 Å². The van der Waals surface area contributed by atoms with E-state index < -0.39 is 5.91 Å². The molecule has 4 nitrogen and oxygen atoms in total. The van der Waals surface area contributed by atoms with Crippen LogP contribution < -0.4 is 10.6 Å². The minimum absolute atomic E-state index is 0.221. The van der Waals surface area contributed by atoms with Gasteiger partial charge in [-0.05, 0) is 36.8 Å². The number of benzene rings is 2. The van der Waals surface area contributed by atoms with Gasteiger partial charge in [0.05, 0.1) is 21.8 Å². The number of hydrogen-bond acceptors (Lipinski definition) is 2. The molecule has 0 unspecified atom stereocenters. The maximum atomic E-state index is 12.4. The van der Waals surface area contributed by atoms with Crippen molar-refractivity contribution in [1.29, 1.82) is 0 Å². The van der Waals surface area contributed by atoms with Crippen LogP contribution in [-0.4, -0.2) is 18.4 Å². The first-order valence-electron chi connectivity index (χ1n) is 7.66. The van der Waals surface area contributed by atoms with E-state index >= 15 is 0 Å². The molecule has 0 fully saturated rings. The molecule has 0 heterocycles. The fourth-order valence-electron chi connectivity index (χ4n) is 2.13. The average Bonchev–Trinajstić information content (AvgIpc) is 2.55. The first-order valence-corrected chi connectivity index (χ1v) is 8.42. The van der Waals surface area contributed by atoms with E-state index in [0.29, 0.717) is 28.4 Å². The lowest BCUT2D eigenvalue weighted by Crippen LogP contribution is -2.26. The van der Waals surface area contributed by atoms with Gasteiger partial charge in [-0.3, -0.25) is 9.59 Å². The van der Waals surface area contributed by atoms with Crippen LogP contribution in [0.5, 0.6) is 0 Å². The van der Waals surface area contributed by atoms with Crippen LogP contribution in [-0.2, 0) is 0 Å². The van der Waals surface area contributed by atoms with Crippen LogP contribution >= 0.6 is 23.2 Å². The Morgan fingerprint density at radius 1 is 1.00 bits per heavy atom. The van der Waals surface area contributed by atoms with Gasteiger partial charge in [-0.1, -0.05) is 48.7 Å². The average molecular weight is 365 g/mol. The first kappa shape index (κ1) is 18.3. The van der Waals surface area contributed by atoms with Gasteiger partial charge in [0.2, 0.25) is 0 Å². The lowest BCUT2D eigenvalue weighted by atomic mass is 10.1. The lowest BCUT2D eigenvalue weighted by molar-refractivity contribution is 0.0954. The summed E-state index contributed by atoms with van der Waals surface area (Å²) in [5.41, 5.74) is 1.14. The van der Waals surface area contributed by atoms with Gasteiger partial charge in [0, 0.05) is 11.6 Å². The Morgan fingerprint density at radius 2 is 1.75 bits per heavy atom. The molecule has 0 spiro atoms. The molecule has 0 aliphatic heterocycles. The predicted molar refractivity (Wildman–Crippen MR) is 98.1 cm³/mol. The van der Waals surface area contributed by atoms with Gasteiger partial charge in [0.1, 0.15) is 0 Å². The normalized spacial score (nSPS) is 10.3. The number of unbranched alkanes of at least 4 members (excludes halogenated alkanes) is 1. The van der Waals surface area contributed by atoms with Crippen LogP contribution in [0.4, 0.5) is 5.69 Å². The number of nitrogens with one attached hydrogen (secondary N) is 2. The van der Waals surface area contributed by atoms with Crippen molar-refractivity contribution in [2.24, 2.45) is 0 Å². The third kappa shape index (κ3) is 4.73. The third-order valence-electron chi connectivity index (χ3n) is 3.41. The SMILES string of the molecule is CCCCNC(=O)c1ccccc1NC(=O)c1ccc(Cl)cc1Cl. The minimum atomic E-state index is -0.398. The van der Waals surface area contributed by atoms with Crippen molar-refractivity contribution in [3.63, 3.8) is 0 Å².